The van der Waals surface area contributed by atoms with Crippen LogP contribution in [0.4, 0.5) is 0 Å². The van der Waals surface area contributed by atoms with Gasteiger partial charge in [0.25, 0.3) is 0 Å². The third kappa shape index (κ3) is 15.1. The summed E-state index contributed by atoms with van der Waals surface area (Å²) in [6.45, 7) is 9.07. The van der Waals surface area contributed by atoms with E-state index in [-0.39, 0.29) is 0 Å². The minimum absolute atomic E-state index is 1.04. The zero-order valence-electron chi connectivity index (χ0n) is 25.7. The zero-order chi connectivity index (χ0) is 27.3. The molecule has 2 rings (SSSR count). The van der Waals surface area contributed by atoms with Crippen molar-refractivity contribution in [3.63, 3.8) is 0 Å². The third-order valence-corrected chi connectivity index (χ3v) is 7.93. The van der Waals surface area contributed by atoms with Crippen LogP contribution in [0.3, 0.4) is 0 Å². The van der Waals surface area contributed by atoms with E-state index in [0.717, 1.165) is 13.1 Å². The average Bonchev–Trinajstić information content (AvgIpc) is 2.92. The van der Waals surface area contributed by atoms with Crippen LogP contribution in [0.1, 0.15) is 128 Å². The molecule has 0 unspecified atom stereocenters. The number of benzene rings is 2. The molecule has 2 aromatic carbocycles. The molecule has 0 aliphatic heterocycles. The Balaban J connectivity index is 1.63. The average molecular weight is 521 g/mol. The molecule has 0 aliphatic rings. The summed E-state index contributed by atoms with van der Waals surface area (Å²) < 4.78 is 0. The van der Waals surface area contributed by atoms with Gasteiger partial charge in [0.05, 0.1) is 0 Å². The van der Waals surface area contributed by atoms with E-state index in [4.69, 9.17) is 0 Å². The second kappa shape index (κ2) is 21.2. The van der Waals surface area contributed by atoms with E-state index in [0.29, 0.717) is 0 Å². The summed E-state index contributed by atoms with van der Waals surface area (Å²) in [6, 6.07) is 18.4. The quantitative estimate of drug-likeness (QED) is 0.134. The van der Waals surface area contributed by atoms with Gasteiger partial charge in [0.1, 0.15) is 0 Å². The Labute approximate surface area is 237 Å². The number of unbranched alkanes of at least 4 members (excludes halogenated alkanes) is 14. The summed E-state index contributed by atoms with van der Waals surface area (Å²) in [5.74, 6) is 0. The van der Waals surface area contributed by atoms with Crippen molar-refractivity contribution in [2.75, 3.05) is 27.2 Å². The standard InChI is InChI=1S/C36H60N2/c1-5-7-9-11-13-15-17-19-29-37(3)31-33-21-25-35(26-22-33)36-27-23-34(24-28-36)32-38(4)30-20-18-16-14-12-10-8-6-2/h21-28H,5-20,29-32H2,1-4H3. The van der Waals surface area contributed by atoms with Crippen molar-refractivity contribution in [3.8, 4) is 11.1 Å². The normalized spacial score (nSPS) is 11.6. The van der Waals surface area contributed by atoms with Crippen LogP contribution in [0.15, 0.2) is 48.5 Å². The third-order valence-electron chi connectivity index (χ3n) is 7.93. The number of rotatable bonds is 23. The van der Waals surface area contributed by atoms with Gasteiger partial charge >= 0.3 is 0 Å². The molecule has 2 aromatic rings. The molecule has 0 fully saturated rings. The van der Waals surface area contributed by atoms with Gasteiger partial charge in [0.15, 0.2) is 0 Å². The first-order valence-electron chi connectivity index (χ1n) is 16.2. The fourth-order valence-electron chi connectivity index (χ4n) is 5.42. The summed E-state index contributed by atoms with van der Waals surface area (Å²) in [6.07, 6.45) is 22.2. The lowest BCUT2D eigenvalue weighted by atomic mass is 10.0. The van der Waals surface area contributed by atoms with Crippen molar-refractivity contribution < 1.29 is 0 Å². The molecule has 0 aromatic heterocycles. The van der Waals surface area contributed by atoms with E-state index in [2.05, 4.69) is 86.3 Å². The SMILES string of the molecule is CCCCCCCCCCN(C)Cc1ccc(-c2ccc(CN(C)CCCCCCCCCC)cc2)cc1. The van der Waals surface area contributed by atoms with Crippen molar-refractivity contribution in [2.45, 2.75) is 130 Å². The molecule has 0 spiro atoms. The van der Waals surface area contributed by atoms with Gasteiger partial charge in [-0.3, -0.25) is 0 Å². The lowest BCUT2D eigenvalue weighted by Gasteiger charge is -2.17. The maximum absolute atomic E-state index is 2.48. The van der Waals surface area contributed by atoms with Crippen LogP contribution < -0.4 is 0 Å². The van der Waals surface area contributed by atoms with Gasteiger partial charge < -0.3 is 9.80 Å². The Morgan fingerprint density at radius 2 is 0.684 bits per heavy atom. The molecule has 38 heavy (non-hydrogen) atoms. The first-order chi connectivity index (χ1) is 18.6. The largest absolute Gasteiger partial charge is 0.302 e. The van der Waals surface area contributed by atoms with Gasteiger partial charge in [-0.25, -0.2) is 0 Å². The van der Waals surface area contributed by atoms with Gasteiger partial charge in [-0.05, 0) is 62.3 Å². The molecule has 0 N–H and O–H groups in total. The number of hydrogen-bond donors (Lipinski definition) is 0. The Morgan fingerprint density at radius 3 is 1.00 bits per heavy atom. The molecule has 0 amide bonds. The molecule has 0 saturated carbocycles. The van der Waals surface area contributed by atoms with Crippen LogP contribution >= 0.6 is 0 Å². The topological polar surface area (TPSA) is 6.48 Å². The number of hydrogen-bond acceptors (Lipinski definition) is 2. The molecule has 0 bridgehead atoms. The molecule has 0 radical (unpaired) electrons. The highest BCUT2D eigenvalue weighted by Crippen LogP contribution is 2.21. The first kappa shape index (κ1) is 32.6. The van der Waals surface area contributed by atoms with E-state index in [1.165, 1.54) is 138 Å². The smallest absolute Gasteiger partial charge is 0.0230 e. The molecule has 2 heteroatoms. The molecule has 0 atom stereocenters. The van der Waals surface area contributed by atoms with Crippen molar-refractivity contribution in [3.05, 3.63) is 59.7 Å². The molecular weight excluding hydrogens is 460 g/mol. The summed E-state index contributed by atoms with van der Waals surface area (Å²) in [5, 5.41) is 0. The van der Waals surface area contributed by atoms with Crippen LogP contribution in [0.5, 0.6) is 0 Å². The second-order valence-electron chi connectivity index (χ2n) is 11.8. The van der Waals surface area contributed by atoms with Crippen LogP contribution in [-0.4, -0.2) is 37.0 Å². The van der Waals surface area contributed by atoms with Gasteiger partial charge in [-0.2, -0.15) is 0 Å². The van der Waals surface area contributed by atoms with Crippen LogP contribution in [-0.2, 0) is 13.1 Å². The lowest BCUT2D eigenvalue weighted by molar-refractivity contribution is 0.316. The lowest BCUT2D eigenvalue weighted by Crippen LogP contribution is -2.19. The van der Waals surface area contributed by atoms with Crippen LogP contribution in [0.25, 0.3) is 11.1 Å². The monoisotopic (exact) mass is 520 g/mol. The second-order valence-corrected chi connectivity index (χ2v) is 11.8. The van der Waals surface area contributed by atoms with Crippen molar-refractivity contribution in [2.24, 2.45) is 0 Å². The van der Waals surface area contributed by atoms with E-state index in [9.17, 15) is 0 Å². The minimum Gasteiger partial charge on any atom is -0.302 e. The molecule has 0 saturated heterocycles. The fraction of sp³-hybridized carbons (Fsp3) is 0.667. The predicted molar refractivity (Wildman–Crippen MR) is 170 cm³/mol. The van der Waals surface area contributed by atoms with Crippen molar-refractivity contribution in [1.82, 2.24) is 9.80 Å². The molecule has 214 valence electrons. The van der Waals surface area contributed by atoms with E-state index in [1.54, 1.807) is 0 Å². The van der Waals surface area contributed by atoms with Crippen LogP contribution in [0, 0.1) is 0 Å². The number of nitrogens with zero attached hydrogens (tertiary/aromatic N) is 2. The molecule has 0 aliphatic carbocycles. The summed E-state index contributed by atoms with van der Waals surface area (Å²) >= 11 is 0. The highest BCUT2D eigenvalue weighted by Gasteiger charge is 2.05. The van der Waals surface area contributed by atoms with E-state index in [1.807, 2.05) is 0 Å². The van der Waals surface area contributed by atoms with Gasteiger partial charge in [-0.1, -0.05) is 152 Å². The van der Waals surface area contributed by atoms with Gasteiger partial charge in [0.2, 0.25) is 0 Å². The van der Waals surface area contributed by atoms with Gasteiger partial charge in [-0.15, -0.1) is 0 Å². The maximum atomic E-state index is 2.48. The van der Waals surface area contributed by atoms with E-state index >= 15 is 0 Å². The Hall–Kier alpha value is -1.64. The summed E-state index contributed by atoms with van der Waals surface area (Å²) in [4.78, 5) is 4.95. The fourth-order valence-corrected chi connectivity index (χ4v) is 5.42. The maximum Gasteiger partial charge on any atom is 0.0230 e. The predicted octanol–water partition coefficient (Wildman–Crippen LogP) is 10.5. The minimum atomic E-state index is 1.04. The Morgan fingerprint density at radius 1 is 0.395 bits per heavy atom. The first-order valence-corrected chi connectivity index (χ1v) is 16.2. The van der Waals surface area contributed by atoms with E-state index < -0.39 is 0 Å². The molecule has 0 heterocycles. The molecular formula is C36H60N2. The summed E-state index contributed by atoms with van der Waals surface area (Å²) in [7, 11) is 4.53. The van der Waals surface area contributed by atoms with Crippen LogP contribution in [0.2, 0.25) is 0 Å². The highest BCUT2D eigenvalue weighted by molar-refractivity contribution is 5.63. The van der Waals surface area contributed by atoms with Crippen molar-refractivity contribution in [1.29, 1.82) is 0 Å². The molecule has 2 nitrogen and oxygen atoms in total. The summed E-state index contributed by atoms with van der Waals surface area (Å²) in [5.41, 5.74) is 5.46. The Kier molecular flexibility index (Phi) is 18.2. The van der Waals surface area contributed by atoms with Gasteiger partial charge in [0, 0.05) is 13.1 Å². The highest BCUT2D eigenvalue weighted by atomic mass is 15.1. The Bertz CT molecular complexity index is 726. The zero-order valence-corrected chi connectivity index (χ0v) is 25.7. The van der Waals surface area contributed by atoms with Crippen molar-refractivity contribution >= 4 is 0 Å².